The summed E-state index contributed by atoms with van der Waals surface area (Å²) in [4.78, 5) is 72.8. The maximum atomic E-state index is 12.8. The third-order valence-corrected chi connectivity index (χ3v) is 5.47. The van der Waals surface area contributed by atoms with Crippen LogP contribution in [0.1, 0.15) is 32.1 Å². The van der Waals surface area contributed by atoms with Gasteiger partial charge in [0.2, 0.25) is 23.6 Å². The minimum absolute atomic E-state index is 0.0908. The average molecular weight is 476 g/mol. The Morgan fingerprint density at radius 2 is 1.69 bits per heavy atom. The first-order valence-corrected chi connectivity index (χ1v) is 11.3. The van der Waals surface area contributed by atoms with Crippen LogP contribution in [-0.4, -0.2) is 93.4 Å². The predicted octanol–water partition coefficient (Wildman–Crippen LogP) is -2.54. The monoisotopic (exact) mass is 475 g/mol. The average Bonchev–Trinajstić information content (AvgIpc) is 3.19. The van der Waals surface area contributed by atoms with Crippen molar-refractivity contribution in [2.24, 2.45) is 11.5 Å². The second-order valence-corrected chi connectivity index (χ2v) is 8.29. The normalized spacial score (nSPS) is 18.3. The molecule has 8 N–H and O–H groups in total. The number of rotatable bonds is 13. The van der Waals surface area contributed by atoms with Crippen LogP contribution in [0.4, 0.5) is 0 Å². The predicted molar refractivity (Wildman–Crippen MR) is 113 cm³/mol. The number of nitrogens with two attached hydrogens (primary N) is 2. The number of primary amides is 1. The maximum Gasteiger partial charge on any atom is 0.326 e. The number of carboxylic acids is 2. The van der Waals surface area contributed by atoms with E-state index in [0.717, 1.165) is 4.90 Å². The largest absolute Gasteiger partial charge is 0.481 e. The molecule has 1 rings (SSSR count). The molecular weight excluding hydrogens is 446 g/mol. The van der Waals surface area contributed by atoms with Crippen LogP contribution in [0.25, 0.3) is 0 Å². The molecule has 0 aliphatic carbocycles. The Hall–Kier alpha value is -2.87. The first-order valence-electron chi connectivity index (χ1n) is 9.86. The summed E-state index contributed by atoms with van der Waals surface area (Å²) in [6.07, 6.45) is 1.31. The van der Waals surface area contributed by atoms with Crippen molar-refractivity contribution >= 4 is 47.3 Å². The zero-order valence-electron chi connectivity index (χ0n) is 17.6. The molecular formula is C18H29N5O8S. The summed E-state index contributed by atoms with van der Waals surface area (Å²) in [5.74, 6) is -5.61. The molecule has 14 heteroatoms. The van der Waals surface area contributed by atoms with Gasteiger partial charge in [0, 0.05) is 6.54 Å². The number of hydrogen-bond donors (Lipinski definition) is 6. The van der Waals surface area contributed by atoms with Crippen molar-refractivity contribution < 1.29 is 39.0 Å². The molecule has 0 bridgehead atoms. The van der Waals surface area contributed by atoms with Crippen molar-refractivity contribution in [1.29, 1.82) is 0 Å². The molecule has 4 unspecified atom stereocenters. The van der Waals surface area contributed by atoms with E-state index in [9.17, 15) is 33.9 Å². The van der Waals surface area contributed by atoms with Crippen molar-refractivity contribution in [3.63, 3.8) is 0 Å². The zero-order valence-corrected chi connectivity index (χ0v) is 18.4. The third-order valence-electron chi connectivity index (χ3n) is 4.82. The van der Waals surface area contributed by atoms with E-state index in [2.05, 4.69) is 10.6 Å². The molecule has 1 aliphatic heterocycles. The third kappa shape index (κ3) is 8.34. The van der Waals surface area contributed by atoms with Gasteiger partial charge in [0.1, 0.15) is 18.1 Å². The van der Waals surface area contributed by atoms with Crippen LogP contribution in [0, 0.1) is 0 Å². The number of aliphatic carboxylic acids is 2. The second-order valence-electron chi connectivity index (χ2n) is 7.31. The summed E-state index contributed by atoms with van der Waals surface area (Å²) in [5, 5.41) is 22.9. The molecule has 1 aliphatic rings. The Morgan fingerprint density at radius 1 is 1.06 bits per heavy atom. The fraction of sp³-hybridized carbons (Fsp3) is 0.667. The number of carbonyl (C=O) groups is 6. The minimum Gasteiger partial charge on any atom is -0.481 e. The molecule has 0 aromatic heterocycles. The number of carboxylic acid groups (broad SMARTS) is 2. The topological polar surface area (TPSA) is 222 Å². The molecule has 0 aromatic rings. The molecule has 0 radical (unpaired) electrons. The van der Waals surface area contributed by atoms with Gasteiger partial charge in [-0.3, -0.25) is 24.0 Å². The van der Waals surface area contributed by atoms with Crippen LogP contribution < -0.4 is 22.1 Å². The van der Waals surface area contributed by atoms with Crippen LogP contribution in [0.5, 0.6) is 0 Å². The van der Waals surface area contributed by atoms with Crippen LogP contribution in [0.2, 0.25) is 0 Å². The fourth-order valence-corrected chi connectivity index (χ4v) is 3.69. The Balaban J connectivity index is 2.98. The van der Waals surface area contributed by atoms with Crippen molar-refractivity contribution in [3.05, 3.63) is 0 Å². The molecule has 13 nitrogen and oxygen atoms in total. The number of nitrogens with zero attached hydrogens (tertiary/aromatic N) is 1. The standard InChI is InChI=1S/C18H29N5O8S/c1-32-6-4-9(19)15(27)21-10(7-13(20)24)16(28)22-11(8-14(25)26)17(29)23-5-2-3-12(23)18(30)31/h9-12H,2-8,19H2,1H3,(H2,20,24)(H,21,27)(H,22,28)(H,25,26)(H,30,31). The van der Waals surface area contributed by atoms with E-state index < -0.39 is 72.6 Å². The van der Waals surface area contributed by atoms with Crippen molar-refractivity contribution in [2.75, 3.05) is 18.6 Å². The lowest BCUT2D eigenvalue weighted by atomic mass is 10.1. The molecule has 0 saturated carbocycles. The molecule has 32 heavy (non-hydrogen) atoms. The Morgan fingerprint density at radius 3 is 2.22 bits per heavy atom. The van der Waals surface area contributed by atoms with Gasteiger partial charge in [-0.2, -0.15) is 11.8 Å². The molecule has 4 amide bonds. The Labute approximate surface area is 188 Å². The van der Waals surface area contributed by atoms with Crippen molar-refractivity contribution in [1.82, 2.24) is 15.5 Å². The lowest BCUT2D eigenvalue weighted by Gasteiger charge is -2.28. The number of nitrogens with one attached hydrogen (secondary N) is 2. The van der Waals surface area contributed by atoms with Gasteiger partial charge in [0.05, 0.1) is 18.9 Å². The van der Waals surface area contributed by atoms with Gasteiger partial charge in [-0.1, -0.05) is 0 Å². The fourth-order valence-electron chi connectivity index (χ4n) is 3.20. The van der Waals surface area contributed by atoms with Crippen LogP contribution >= 0.6 is 11.8 Å². The molecule has 180 valence electrons. The zero-order chi connectivity index (χ0) is 24.4. The maximum absolute atomic E-state index is 12.8. The number of hydrogen-bond acceptors (Lipinski definition) is 8. The smallest absolute Gasteiger partial charge is 0.326 e. The van der Waals surface area contributed by atoms with Crippen LogP contribution in [0.3, 0.4) is 0 Å². The Bertz CT molecular complexity index is 749. The molecule has 4 atom stereocenters. The van der Waals surface area contributed by atoms with E-state index in [-0.39, 0.29) is 13.0 Å². The van der Waals surface area contributed by atoms with E-state index in [1.165, 1.54) is 11.8 Å². The highest BCUT2D eigenvalue weighted by molar-refractivity contribution is 7.98. The number of likely N-dealkylation sites (tertiary alicyclic amines) is 1. The van der Waals surface area contributed by atoms with Crippen molar-refractivity contribution in [3.8, 4) is 0 Å². The summed E-state index contributed by atoms with van der Waals surface area (Å²) in [6, 6.07) is -5.18. The first-order chi connectivity index (χ1) is 15.0. The molecule has 1 heterocycles. The highest BCUT2D eigenvalue weighted by atomic mass is 32.2. The van der Waals surface area contributed by atoms with Gasteiger partial charge in [0.25, 0.3) is 0 Å². The SMILES string of the molecule is CSCCC(N)C(=O)NC(CC(N)=O)C(=O)NC(CC(=O)O)C(=O)N1CCCC1C(=O)O. The lowest BCUT2D eigenvalue weighted by Crippen LogP contribution is -2.58. The van der Waals surface area contributed by atoms with Crippen LogP contribution in [0.15, 0.2) is 0 Å². The summed E-state index contributed by atoms with van der Waals surface area (Å²) < 4.78 is 0. The summed E-state index contributed by atoms with van der Waals surface area (Å²) in [6.45, 7) is 0.0908. The van der Waals surface area contributed by atoms with Crippen molar-refractivity contribution in [2.45, 2.75) is 56.3 Å². The van der Waals surface area contributed by atoms with Gasteiger partial charge in [-0.15, -0.1) is 0 Å². The number of thioether (sulfide) groups is 1. The minimum atomic E-state index is -1.60. The summed E-state index contributed by atoms with van der Waals surface area (Å²) >= 11 is 1.46. The Kier molecular flexibility index (Phi) is 10.9. The molecule has 0 spiro atoms. The van der Waals surface area contributed by atoms with Gasteiger partial charge in [-0.25, -0.2) is 4.79 Å². The summed E-state index contributed by atoms with van der Waals surface area (Å²) in [5.41, 5.74) is 10.9. The second kappa shape index (κ2) is 12.9. The first kappa shape index (κ1) is 27.2. The molecule has 0 aromatic carbocycles. The van der Waals surface area contributed by atoms with Crippen LogP contribution in [-0.2, 0) is 28.8 Å². The van der Waals surface area contributed by atoms with Gasteiger partial charge < -0.3 is 37.2 Å². The highest BCUT2D eigenvalue weighted by Crippen LogP contribution is 2.19. The van der Waals surface area contributed by atoms with E-state index in [1.54, 1.807) is 0 Å². The molecule has 1 fully saturated rings. The van der Waals surface area contributed by atoms with Gasteiger partial charge in [0.15, 0.2) is 0 Å². The van der Waals surface area contributed by atoms with E-state index in [0.29, 0.717) is 18.6 Å². The quantitative estimate of drug-likeness (QED) is 0.164. The summed E-state index contributed by atoms with van der Waals surface area (Å²) in [7, 11) is 0. The lowest BCUT2D eigenvalue weighted by molar-refractivity contribution is -0.150. The number of carbonyl (C=O) groups excluding carboxylic acids is 4. The number of amides is 4. The van der Waals surface area contributed by atoms with E-state index in [4.69, 9.17) is 16.6 Å². The van der Waals surface area contributed by atoms with Gasteiger partial charge >= 0.3 is 11.9 Å². The van der Waals surface area contributed by atoms with E-state index in [1.807, 2.05) is 6.26 Å². The molecule has 1 saturated heterocycles. The van der Waals surface area contributed by atoms with E-state index >= 15 is 0 Å². The van der Waals surface area contributed by atoms with Gasteiger partial charge in [-0.05, 0) is 31.3 Å². The highest BCUT2D eigenvalue weighted by Gasteiger charge is 2.39.